The molecule has 0 aromatic heterocycles. The molecule has 0 heterocycles. The largest absolute Gasteiger partial charge is 0.354 e. The average Bonchev–Trinajstić information content (AvgIpc) is 2.56. The van der Waals surface area contributed by atoms with E-state index in [1.165, 1.54) is 12.1 Å². The van der Waals surface area contributed by atoms with E-state index in [9.17, 15) is 17.6 Å². The molecule has 1 amide bonds. The van der Waals surface area contributed by atoms with Crippen molar-refractivity contribution in [3.8, 4) is 0 Å². The predicted molar refractivity (Wildman–Crippen MR) is 90.6 cm³/mol. The lowest BCUT2D eigenvalue weighted by atomic mass is 10.1. The molecule has 2 aromatic carbocycles. The van der Waals surface area contributed by atoms with Crippen molar-refractivity contribution in [2.75, 3.05) is 6.54 Å². The van der Waals surface area contributed by atoms with E-state index in [0.717, 1.165) is 12.1 Å². The standard InChI is InChI=1S/C18H20FNO3S/c1-13(2)18(21)20-12-17(14-6-4-3-5-7-14)24(22,23)16-10-8-15(19)9-11-16/h3-11,13,17H,12H2,1-2H3,(H,20,21). The molecule has 0 radical (unpaired) electrons. The third-order valence-corrected chi connectivity index (χ3v) is 5.79. The van der Waals surface area contributed by atoms with Gasteiger partial charge in [-0.2, -0.15) is 0 Å². The molecular formula is C18H20FNO3S. The van der Waals surface area contributed by atoms with Crippen LogP contribution in [0.1, 0.15) is 24.7 Å². The van der Waals surface area contributed by atoms with E-state index < -0.39 is 20.9 Å². The van der Waals surface area contributed by atoms with Crippen LogP contribution in [0.2, 0.25) is 0 Å². The molecule has 0 bridgehead atoms. The number of sulfone groups is 1. The molecular weight excluding hydrogens is 329 g/mol. The SMILES string of the molecule is CC(C)C(=O)NCC(c1ccccc1)S(=O)(=O)c1ccc(F)cc1. The zero-order valence-corrected chi connectivity index (χ0v) is 14.4. The number of amides is 1. The Bertz CT molecular complexity index is 787. The van der Waals surface area contributed by atoms with Gasteiger partial charge in [0.05, 0.1) is 4.90 Å². The maximum Gasteiger partial charge on any atom is 0.222 e. The first-order valence-corrected chi connectivity index (χ1v) is 9.19. The van der Waals surface area contributed by atoms with Crippen molar-refractivity contribution in [3.05, 3.63) is 66.0 Å². The normalized spacial score (nSPS) is 12.8. The van der Waals surface area contributed by atoms with Crippen molar-refractivity contribution in [2.45, 2.75) is 24.0 Å². The van der Waals surface area contributed by atoms with Crippen LogP contribution >= 0.6 is 0 Å². The van der Waals surface area contributed by atoms with Gasteiger partial charge in [0.15, 0.2) is 9.84 Å². The predicted octanol–water partition coefficient (Wildman–Crippen LogP) is 3.11. The summed E-state index contributed by atoms with van der Waals surface area (Å²) in [4.78, 5) is 11.9. The molecule has 0 saturated carbocycles. The number of carbonyl (C=O) groups is 1. The van der Waals surface area contributed by atoms with E-state index in [1.807, 2.05) is 0 Å². The molecule has 24 heavy (non-hydrogen) atoms. The van der Waals surface area contributed by atoms with E-state index in [1.54, 1.807) is 44.2 Å². The van der Waals surface area contributed by atoms with Crippen LogP contribution in [0.5, 0.6) is 0 Å². The summed E-state index contributed by atoms with van der Waals surface area (Å²) in [6.07, 6.45) is 0. The summed E-state index contributed by atoms with van der Waals surface area (Å²) in [5, 5.41) is 1.74. The van der Waals surface area contributed by atoms with Gasteiger partial charge in [0.2, 0.25) is 5.91 Å². The maximum atomic E-state index is 13.1. The summed E-state index contributed by atoms with van der Waals surface area (Å²) in [6.45, 7) is 3.43. The summed E-state index contributed by atoms with van der Waals surface area (Å²) in [7, 11) is -3.77. The highest BCUT2D eigenvalue weighted by Crippen LogP contribution is 2.28. The molecule has 2 rings (SSSR count). The molecule has 0 aliphatic carbocycles. The van der Waals surface area contributed by atoms with Gasteiger partial charge in [0.1, 0.15) is 11.1 Å². The fourth-order valence-electron chi connectivity index (χ4n) is 2.26. The Hall–Kier alpha value is -2.21. The molecule has 1 unspecified atom stereocenters. The summed E-state index contributed by atoms with van der Waals surface area (Å²) in [6, 6.07) is 13.4. The topological polar surface area (TPSA) is 63.2 Å². The number of hydrogen-bond donors (Lipinski definition) is 1. The van der Waals surface area contributed by atoms with Crippen LogP contribution in [0, 0.1) is 11.7 Å². The Morgan fingerprint density at radius 2 is 1.62 bits per heavy atom. The van der Waals surface area contributed by atoms with Gasteiger partial charge >= 0.3 is 0 Å². The highest BCUT2D eigenvalue weighted by atomic mass is 32.2. The number of rotatable bonds is 6. The van der Waals surface area contributed by atoms with Crippen LogP contribution in [0.3, 0.4) is 0 Å². The molecule has 4 nitrogen and oxygen atoms in total. The van der Waals surface area contributed by atoms with Crippen LogP contribution in [-0.2, 0) is 14.6 Å². The smallest absolute Gasteiger partial charge is 0.222 e. The van der Waals surface area contributed by atoms with Gasteiger partial charge in [-0.1, -0.05) is 44.2 Å². The Morgan fingerprint density at radius 3 is 2.17 bits per heavy atom. The van der Waals surface area contributed by atoms with Gasteiger partial charge in [-0.25, -0.2) is 12.8 Å². The van der Waals surface area contributed by atoms with E-state index in [4.69, 9.17) is 0 Å². The Balaban J connectivity index is 2.38. The lowest BCUT2D eigenvalue weighted by Crippen LogP contribution is -2.34. The minimum absolute atomic E-state index is 0.0246. The summed E-state index contributed by atoms with van der Waals surface area (Å²) in [5.41, 5.74) is 0.575. The minimum Gasteiger partial charge on any atom is -0.354 e. The second kappa shape index (κ2) is 7.57. The molecule has 1 atom stereocenters. The van der Waals surface area contributed by atoms with Gasteiger partial charge in [-0.3, -0.25) is 4.79 Å². The zero-order chi connectivity index (χ0) is 17.7. The number of halogens is 1. The monoisotopic (exact) mass is 349 g/mol. The lowest BCUT2D eigenvalue weighted by molar-refractivity contribution is -0.123. The van der Waals surface area contributed by atoms with Crippen molar-refractivity contribution >= 4 is 15.7 Å². The van der Waals surface area contributed by atoms with Gasteiger partial charge in [-0.15, -0.1) is 0 Å². The van der Waals surface area contributed by atoms with Crippen molar-refractivity contribution < 1.29 is 17.6 Å². The van der Waals surface area contributed by atoms with Gasteiger partial charge in [0, 0.05) is 12.5 Å². The molecule has 0 spiro atoms. The quantitative estimate of drug-likeness (QED) is 0.815. The summed E-state index contributed by atoms with van der Waals surface area (Å²) < 4.78 is 39.0. The molecule has 0 aliphatic heterocycles. The van der Waals surface area contributed by atoms with E-state index in [0.29, 0.717) is 5.56 Å². The Kier molecular flexibility index (Phi) is 5.72. The van der Waals surface area contributed by atoms with Gasteiger partial charge in [0.25, 0.3) is 0 Å². The van der Waals surface area contributed by atoms with Crippen LogP contribution in [-0.4, -0.2) is 20.9 Å². The number of nitrogens with one attached hydrogen (secondary N) is 1. The lowest BCUT2D eigenvalue weighted by Gasteiger charge is -2.19. The van der Waals surface area contributed by atoms with Crippen LogP contribution in [0.25, 0.3) is 0 Å². The Morgan fingerprint density at radius 1 is 1.04 bits per heavy atom. The number of benzene rings is 2. The second-order valence-corrected chi connectivity index (χ2v) is 7.93. The maximum absolute atomic E-state index is 13.1. The molecule has 1 N–H and O–H groups in total. The van der Waals surface area contributed by atoms with E-state index in [-0.39, 0.29) is 23.3 Å². The second-order valence-electron chi connectivity index (χ2n) is 5.80. The van der Waals surface area contributed by atoms with Gasteiger partial charge < -0.3 is 5.32 Å². The highest BCUT2D eigenvalue weighted by Gasteiger charge is 2.29. The average molecular weight is 349 g/mol. The first kappa shape index (κ1) is 18.1. The molecule has 2 aromatic rings. The van der Waals surface area contributed by atoms with Crippen molar-refractivity contribution in [1.82, 2.24) is 5.32 Å². The van der Waals surface area contributed by atoms with E-state index >= 15 is 0 Å². The number of carbonyl (C=O) groups excluding carboxylic acids is 1. The van der Waals surface area contributed by atoms with Crippen LogP contribution in [0.4, 0.5) is 4.39 Å². The molecule has 6 heteroatoms. The third kappa shape index (κ3) is 4.20. The fourth-order valence-corrected chi connectivity index (χ4v) is 3.92. The van der Waals surface area contributed by atoms with Crippen molar-refractivity contribution in [1.29, 1.82) is 0 Å². The first-order chi connectivity index (χ1) is 11.3. The van der Waals surface area contributed by atoms with E-state index in [2.05, 4.69) is 5.32 Å². The summed E-state index contributed by atoms with van der Waals surface area (Å²) >= 11 is 0. The molecule has 0 saturated heterocycles. The molecule has 0 aliphatic rings. The number of hydrogen-bond acceptors (Lipinski definition) is 3. The summed E-state index contributed by atoms with van der Waals surface area (Å²) in [5.74, 6) is -0.960. The first-order valence-electron chi connectivity index (χ1n) is 7.64. The van der Waals surface area contributed by atoms with Crippen molar-refractivity contribution in [2.24, 2.45) is 5.92 Å². The van der Waals surface area contributed by atoms with Crippen molar-refractivity contribution in [3.63, 3.8) is 0 Å². The zero-order valence-electron chi connectivity index (χ0n) is 13.6. The third-order valence-electron chi connectivity index (χ3n) is 3.67. The van der Waals surface area contributed by atoms with Crippen LogP contribution < -0.4 is 5.32 Å². The van der Waals surface area contributed by atoms with Crippen LogP contribution in [0.15, 0.2) is 59.5 Å². The molecule has 0 fully saturated rings. The van der Waals surface area contributed by atoms with Gasteiger partial charge in [-0.05, 0) is 29.8 Å². The fraction of sp³-hybridized carbons (Fsp3) is 0.278. The Labute approximate surface area is 141 Å². The minimum atomic E-state index is -3.77. The highest BCUT2D eigenvalue weighted by molar-refractivity contribution is 7.91. The molecule has 128 valence electrons.